The van der Waals surface area contributed by atoms with Crippen LogP contribution in [0, 0.1) is 0 Å². The Bertz CT molecular complexity index is 352. The van der Waals surface area contributed by atoms with Crippen molar-refractivity contribution < 1.29 is 9.90 Å². The summed E-state index contributed by atoms with van der Waals surface area (Å²) in [5, 5.41) is 9.57. The molecule has 4 nitrogen and oxygen atoms in total. The van der Waals surface area contributed by atoms with E-state index in [1.807, 2.05) is 0 Å². The molecular weight excluding hydrogens is 212 g/mol. The number of rotatable bonds is 3. The van der Waals surface area contributed by atoms with Gasteiger partial charge in [0.25, 0.3) is 0 Å². The second-order valence-corrected chi connectivity index (χ2v) is 5.00. The molecule has 1 aromatic rings. The summed E-state index contributed by atoms with van der Waals surface area (Å²) in [6.45, 7) is 0. The Morgan fingerprint density at radius 2 is 2.27 bits per heavy atom. The van der Waals surface area contributed by atoms with E-state index >= 15 is 0 Å². The molecule has 15 heavy (non-hydrogen) atoms. The molecule has 0 unspecified atom stereocenters. The van der Waals surface area contributed by atoms with Gasteiger partial charge in [-0.1, -0.05) is 0 Å². The molecule has 1 aliphatic rings. The third kappa shape index (κ3) is 2.35. The summed E-state index contributed by atoms with van der Waals surface area (Å²) in [4.78, 5) is 16.4. The van der Waals surface area contributed by atoms with Gasteiger partial charge in [-0.2, -0.15) is 0 Å². The number of aliphatic carboxylic acids is 1. The molecule has 0 saturated heterocycles. The molecule has 0 bridgehead atoms. The molecule has 0 aromatic carbocycles. The number of carboxylic acids is 1. The summed E-state index contributed by atoms with van der Waals surface area (Å²) in [6, 6.07) is -0.822. The van der Waals surface area contributed by atoms with Crippen molar-refractivity contribution in [3.8, 4) is 0 Å². The molecule has 1 atom stereocenters. The highest BCUT2D eigenvalue weighted by atomic mass is 32.1. The van der Waals surface area contributed by atoms with E-state index in [0.717, 1.165) is 17.8 Å². The first-order valence-corrected chi connectivity index (χ1v) is 5.94. The van der Waals surface area contributed by atoms with Gasteiger partial charge in [0.05, 0.1) is 10.7 Å². The summed E-state index contributed by atoms with van der Waals surface area (Å²) < 4.78 is 0. The van der Waals surface area contributed by atoms with Crippen LogP contribution in [-0.4, -0.2) is 22.1 Å². The zero-order chi connectivity index (χ0) is 10.8. The normalized spacial score (nSPS) is 17.1. The van der Waals surface area contributed by atoms with Crippen LogP contribution in [0.3, 0.4) is 0 Å². The second kappa shape index (κ2) is 4.28. The number of carbonyl (C=O) groups is 1. The molecule has 1 aromatic heterocycles. The van der Waals surface area contributed by atoms with Crippen molar-refractivity contribution in [2.45, 2.75) is 38.1 Å². The fourth-order valence-corrected chi connectivity index (χ4v) is 2.98. The summed E-state index contributed by atoms with van der Waals surface area (Å²) >= 11 is 1.63. The smallest absolute Gasteiger partial charge is 0.320 e. The van der Waals surface area contributed by atoms with E-state index < -0.39 is 12.0 Å². The van der Waals surface area contributed by atoms with Crippen molar-refractivity contribution in [2.75, 3.05) is 0 Å². The molecule has 2 rings (SSSR count). The van der Waals surface area contributed by atoms with Crippen LogP contribution in [-0.2, 0) is 24.1 Å². The van der Waals surface area contributed by atoms with Gasteiger partial charge in [-0.05, 0) is 25.7 Å². The van der Waals surface area contributed by atoms with Gasteiger partial charge in [-0.15, -0.1) is 11.3 Å². The number of nitrogens with two attached hydrogens (primary N) is 1. The van der Waals surface area contributed by atoms with Crippen molar-refractivity contribution >= 4 is 17.3 Å². The summed E-state index contributed by atoms with van der Waals surface area (Å²) in [5.41, 5.74) is 6.64. The third-order valence-electron chi connectivity index (χ3n) is 2.60. The highest BCUT2D eigenvalue weighted by molar-refractivity contribution is 7.11. The number of hydrogen-bond donors (Lipinski definition) is 2. The van der Waals surface area contributed by atoms with Crippen LogP contribution in [0.5, 0.6) is 0 Å². The van der Waals surface area contributed by atoms with Crippen molar-refractivity contribution in [1.29, 1.82) is 0 Å². The zero-order valence-electron chi connectivity index (χ0n) is 8.40. The maximum Gasteiger partial charge on any atom is 0.320 e. The molecule has 1 heterocycles. The van der Waals surface area contributed by atoms with E-state index in [1.165, 1.54) is 23.4 Å². The topological polar surface area (TPSA) is 76.2 Å². The Labute approximate surface area is 92.1 Å². The van der Waals surface area contributed by atoms with Gasteiger partial charge in [0.2, 0.25) is 0 Å². The summed E-state index contributed by atoms with van der Waals surface area (Å²) in [5.74, 6) is -0.955. The van der Waals surface area contributed by atoms with Crippen LogP contribution in [0.25, 0.3) is 0 Å². The molecule has 1 aliphatic carbocycles. The van der Waals surface area contributed by atoms with E-state index in [9.17, 15) is 4.79 Å². The minimum Gasteiger partial charge on any atom is -0.480 e. The van der Waals surface area contributed by atoms with Crippen molar-refractivity contribution in [2.24, 2.45) is 5.73 Å². The fraction of sp³-hybridized carbons (Fsp3) is 0.600. The van der Waals surface area contributed by atoms with Crippen LogP contribution in [0.4, 0.5) is 0 Å². The van der Waals surface area contributed by atoms with Crippen LogP contribution in [0.2, 0.25) is 0 Å². The van der Waals surface area contributed by atoms with Gasteiger partial charge in [-0.3, -0.25) is 4.79 Å². The molecule has 0 amide bonds. The number of aromatic nitrogens is 1. The monoisotopic (exact) mass is 226 g/mol. The van der Waals surface area contributed by atoms with Crippen molar-refractivity contribution in [1.82, 2.24) is 4.98 Å². The first-order chi connectivity index (χ1) is 7.16. The quantitative estimate of drug-likeness (QED) is 0.805. The van der Waals surface area contributed by atoms with E-state index in [1.54, 1.807) is 11.3 Å². The number of aryl methyl sites for hydroxylation is 2. The molecule has 0 aliphatic heterocycles. The average molecular weight is 226 g/mol. The number of fused-ring (bicyclic) bond motifs is 1. The summed E-state index contributed by atoms with van der Waals surface area (Å²) in [7, 11) is 0. The maximum absolute atomic E-state index is 10.6. The molecule has 0 saturated carbocycles. The number of nitrogens with zero attached hydrogens (tertiary/aromatic N) is 1. The molecule has 3 N–H and O–H groups in total. The van der Waals surface area contributed by atoms with Crippen molar-refractivity contribution in [3.05, 3.63) is 15.6 Å². The lowest BCUT2D eigenvalue weighted by molar-refractivity contribution is -0.138. The molecule has 82 valence electrons. The molecule has 0 radical (unpaired) electrons. The van der Waals surface area contributed by atoms with E-state index in [4.69, 9.17) is 10.8 Å². The first-order valence-electron chi connectivity index (χ1n) is 5.12. The third-order valence-corrected chi connectivity index (χ3v) is 3.78. The number of thiazole rings is 1. The molecule has 0 spiro atoms. The van der Waals surface area contributed by atoms with E-state index in [2.05, 4.69) is 4.98 Å². The van der Waals surface area contributed by atoms with Gasteiger partial charge in [0.15, 0.2) is 0 Å². The largest absolute Gasteiger partial charge is 0.480 e. The van der Waals surface area contributed by atoms with Crippen LogP contribution in [0.1, 0.15) is 28.4 Å². The predicted molar refractivity (Wildman–Crippen MR) is 58.1 cm³/mol. The lowest BCUT2D eigenvalue weighted by atomic mass is 10.0. The fourth-order valence-electron chi connectivity index (χ4n) is 1.77. The molecule has 0 fully saturated rings. The van der Waals surface area contributed by atoms with Crippen LogP contribution < -0.4 is 5.73 Å². The Morgan fingerprint density at radius 1 is 1.53 bits per heavy atom. The Hall–Kier alpha value is -0.940. The van der Waals surface area contributed by atoms with Gasteiger partial charge in [0.1, 0.15) is 6.04 Å². The first kappa shape index (κ1) is 10.6. The van der Waals surface area contributed by atoms with E-state index in [-0.39, 0.29) is 0 Å². The Kier molecular flexibility index (Phi) is 3.02. The van der Waals surface area contributed by atoms with Gasteiger partial charge >= 0.3 is 5.97 Å². The maximum atomic E-state index is 10.6. The average Bonchev–Trinajstić information content (AvgIpc) is 2.59. The second-order valence-electron chi connectivity index (χ2n) is 3.83. The highest BCUT2D eigenvalue weighted by Crippen LogP contribution is 2.27. The van der Waals surface area contributed by atoms with Crippen molar-refractivity contribution in [3.63, 3.8) is 0 Å². The van der Waals surface area contributed by atoms with Crippen LogP contribution >= 0.6 is 11.3 Å². The van der Waals surface area contributed by atoms with Crippen LogP contribution in [0.15, 0.2) is 0 Å². The van der Waals surface area contributed by atoms with Gasteiger partial charge in [-0.25, -0.2) is 4.98 Å². The lowest BCUT2D eigenvalue weighted by Gasteiger charge is -2.06. The molecule has 5 heteroatoms. The van der Waals surface area contributed by atoms with E-state index in [0.29, 0.717) is 6.42 Å². The standard InChI is InChI=1S/C10H14N2O2S/c11-6(10(13)14)5-9-12-7-3-1-2-4-8(7)15-9/h6H,1-5,11H2,(H,13,14)/t6-/m1/s1. The number of carboxylic acid groups (broad SMARTS) is 1. The van der Waals surface area contributed by atoms with Gasteiger partial charge in [0, 0.05) is 11.3 Å². The minimum absolute atomic E-state index is 0.354. The summed E-state index contributed by atoms with van der Waals surface area (Å²) in [6.07, 6.45) is 4.90. The zero-order valence-corrected chi connectivity index (χ0v) is 9.22. The molecular formula is C10H14N2O2S. The Morgan fingerprint density at radius 3 is 2.93 bits per heavy atom. The lowest BCUT2D eigenvalue weighted by Crippen LogP contribution is -2.32. The predicted octanol–water partition coefficient (Wildman–Crippen LogP) is 0.976. The SMILES string of the molecule is N[C@H](Cc1nc2c(s1)CCCC2)C(=O)O. The Balaban J connectivity index is 2.09. The number of hydrogen-bond acceptors (Lipinski definition) is 4. The van der Waals surface area contributed by atoms with Gasteiger partial charge < -0.3 is 10.8 Å². The highest BCUT2D eigenvalue weighted by Gasteiger charge is 2.19. The minimum atomic E-state index is -0.955.